The Labute approximate surface area is 149 Å². The molecule has 0 aromatic heterocycles. The van der Waals surface area contributed by atoms with Gasteiger partial charge in [-0.05, 0) is 37.0 Å². The quantitative estimate of drug-likeness (QED) is 0.314. The van der Waals surface area contributed by atoms with Gasteiger partial charge in [-0.25, -0.2) is 0 Å². The van der Waals surface area contributed by atoms with Crippen LogP contribution in [0.5, 0.6) is 0 Å². The largest absolute Gasteiger partial charge is 1.00 e. The van der Waals surface area contributed by atoms with Crippen molar-refractivity contribution < 1.29 is 39.0 Å². The second-order valence-electron chi connectivity index (χ2n) is 6.75. The van der Waals surface area contributed by atoms with Crippen LogP contribution in [0.2, 0.25) is 0 Å². The molecule has 0 bridgehead atoms. The molecule has 0 aliphatic heterocycles. The van der Waals surface area contributed by atoms with Gasteiger partial charge in [-0.15, -0.1) is 0 Å². The first-order valence-electron chi connectivity index (χ1n) is 8.12. The van der Waals surface area contributed by atoms with E-state index >= 15 is 0 Å². The van der Waals surface area contributed by atoms with Gasteiger partial charge < -0.3 is 9.46 Å². The van der Waals surface area contributed by atoms with Gasteiger partial charge in [-0.3, -0.25) is 0 Å². The molecule has 0 amide bonds. The Hall–Kier alpha value is 1.19. The summed E-state index contributed by atoms with van der Waals surface area (Å²) >= 11 is 0. The van der Waals surface area contributed by atoms with Gasteiger partial charge in [-0.1, -0.05) is 66.2 Å². The van der Waals surface area contributed by atoms with E-state index in [0.29, 0.717) is 12.3 Å². The molecule has 4 heteroatoms. The summed E-state index contributed by atoms with van der Waals surface area (Å²) in [6.45, 7) is 8.87. The van der Waals surface area contributed by atoms with Gasteiger partial charge in [0.2, 0.25) is 0 Å². The minimum Gasteiger partial charge on any atom is -0.799 e. The molecule has 0 heterocycles. The summed E-state index contributed by atoms with van der Waals surface area (Å²) < 4.78 is 11.9. The van der Waals surface area contributed by atoms with E-state index in [0.717, 1.165) is 37.5 Å². The van der Waals surface area contributed by atoms with Crippen LogP contribution in [0.4, 0.5) is 0 Å². The maximum Gasteiger partial charge on any atom is 1.00 e. The molecular formula is C16H34NaO2P. The molecule has 2 nitrogen and oxygen atoms in total. The second-order valence-corrected chi connectivity index (χ2v) is 9.27. The number of hydrogen-bond donors (Lipinski definition) is 0. The zero-order valence-electron chi connectivity index (χ0n) is 14.5. The number of unbranched alkanes of at least 4 members (excludes halogenated alkanes) is 4. The van der Waals surface area contributed by atoms with Gasteiger partial charge in [0.15, 0.2) is 0 Å². The predicted molar refractivity (Wildman–Crippen MR) is 84.0 cm³/mol. The van der Waals surface area contributed by atoms with Crippen molar-refractivity contribution in [1.82, 2.24) is 0 Å². The minimum atomic E-state index is -3.07. The normalized spacial score (nSPS) is 11.9. The SMILES string of the molecule is CC(C)CCCCCP(=O)([O-])CCCCCC(C)C.[Na+]. The van der Waals surface area contributed by atoms with Crippen molar-refractivity contribution in [3.05, 3.63) is 0 Å². The summed E-state index contributed by atoms with van der Waals surface area (Å²) in [7, 11) is -3.07. The molecule has 0 aliphatic rings. The van der Waals surface area contributed by atoms with E-state index in [4.69, 9.17) is 0 Å². The van der Waals surface area contributed by atoms with Gasteiger partial charge in [0.1, 0.15) is 0 Å². The fourth-order valence-corrected chi connectivity index (χ4v) is 3.91. The first kappa shape index (κ1) is 23.5. The average Bonchev–Trinajstić information content (AvgIpc) is 2.27. The van der Waals surface area contributed by atoms with E-state index < -0.39 is 7.37 Å². The topological polar surface area (TPSA) is 40.1 Å². The minimum absolute atomic E-state index is 0. The van der Waals surface area contributed by atoms with Crippen LogP contribution in [-0.4, -0.2) is 12.3 Å². The maximum atomic E-state index is 11.9. The molecule has 0 rings (SSSR count). The third kappa shape index (κ3) is 17.2. The molecular weight excluding hydrogens is 278 g/mol. The Morgan fingerprint density at radius 1 is 0.750 bits per heavy atom. The third-order valence-corrected chi connectivity index (χ3v) is 5.56. The molecule has 0 unspecified atom stereocenters. The van der Waals surface area contributed by atoms with E-state index in [-0.39, 0.29) is 29.6 Å². The summed E-state index contributed by atoms with van der Waals surface area (Å²) in [5.74, 6) is 1.47. The Balaban J connectivity index is 0. The molecule has 0 saturated heterocycles. The molecule has 0 spiro atoms. The Kier molecular flexibility index (Phi) is 16.2. The van der Waals surface area contributed by atoms with Crippen LogP contribution in [0.1, 0.15) is 79.1 Å². The van der Waals surface area contributed by atoms with E-state index in [1.165, 1.54) is 25.7 Å². The maximum absolute atomic E-state index is 11.9. The van der Waals surface area contributed by atoms with E-state index in [1.54, 1.807) is 0 Å². The number of hydrogen-bond acceptors (Lipinski definition) is 2. The average molecular weight is 312 g/mol. The Bertz CT molecular complexity index is 233. The molecule has 0 aliphatic carbocycles. The van der Waals surface area contributed by atoms with Crippen molar-refractivity contribution in [3.8, 4) is 0 Å². The molecule has 0 atom stereocenters. The third-order valence-electron chi connectivity index (χ3n) is 3.56. The van der Waals surface area contributed by atoms with Gasteiger partial charge in [-0.2, -0.15) is 0 Å². The van der Waals surface area contributed by atoms with Crippen LogP contribution in [0.3, 0.4) is 0 Å². The fraction of sp³-hybridized carbons (Fsp3) is 1.00. The van der Waals surface area contributed by atoms with Gasteiger partial charge >= 0.3 is 29.6 Å². The van der Waals surface area contributed by atoms with Crippen molar-refractivity contribution >= 4 is 7.37 Å². The molecule has 0 aromatic rings. The van der Waals surface area contributed by atoms with E-state index in [1.807, 2.05) is 0 Å². The Morgan fingerprint density at radius 2 is 1.10 bits per heavy atom. The fourth-order valence-electron chi connectivity index (χ4n) is 2.28. The second kappa shape index (κ2) is 13.8. The van der Waals surface area contributed by atoms with Gasteiger partial charge in [0.25, 0.3) is 0 Å². The van der Waals surface area contributed by atoms with Gasteiger partial charge in [0, 0.05) is 7.37 Å². The molecule has 0 saturated carbocycles. The summed E-state index contributed by atoms with van der Waals surface area (Å²) in [6.07, 6.45) is 9.49. The van der Waals surface area contributed by atoms with Gasteiger partial charge in [0.05, 0.1) is 0 Å². The molecule has 0 N–H and O–H groups in total. The summed E-state index contributed by atoms with van der Waals surface area (Å²) in [4.78, 5) is 11.9. The summed E-state index contributed by atoms with van der Waals surface area (Å²) in [5, 5.41) is 0. The molecule has 0 aromatic carbocycles. The smallest absolute Gasteiger partial charge is 0.799 e. The van der Waals surface area contributed by atoms with Crippen molar-refractivity contribution in [1.29, 1.82) is 0 Å². The molecule has 116 valence electrons. The van der Waals surface area contributed by atoms with Crippen LogP contribution < -0.4 is 34.5 Å². The van der Waals surface area contributed by atoms with Crippen molar-refractivity contribution in [2.75, 3.05) is 12.3 Å². The monoisotopic (exact) mass is 312 g/mol. The van der Waals surface area contributed by atoms with E-state index in [9.17, 15) is 9.46 Å². The first-order valence-corrected chi connectivity index (χ1v) is 10.1. The van der Waals surface area contributed by atoms with Crippen LogP contribution >= 0.6 is 7.37 Å². The summed E-state index contributed by atoms with van der Waals surface area (Å²) in [5.41, 5.74) is 0. The molecule has 0 radical (unpaired) electrons. The van der Waals surface area contributed by atoms with E-state index in [2.05, 4.69) is 27.7 Å². The predicted octanol–water partition coefficient (Wildman–Crippen LogP) is 2.06. The molecule has 20 heavy (non-hydrogen) atoms. The summed E-state index contributed by atoms with van der Waals surface area (Å²) in [6, 6.07) is 0. The first-order chi connectivity index (χ1) is 8.83. The van der Waals surface area contributed by atoms with Crippen LogP contribution in [0.25, 0.3) is 0 Å². The number of rotatable bonds is 12. The zero-order chi connectivity index (χ0) is 14.7. The van der Waals surface area contributed by atoms with Crippen molar-refractivity contribution in [2.45, 2.75) is 79.1 Å². The van der Waals surface area contributed by atoms with Crippen molar-refractivity contribution in [3.63, 3.8) is 0 Å². The van der Waals surface area contributed by atoms with Crippen LogP contribution in [0.15, 0.2) is 0 Å². The van der Waals surface area contributed by atoms with Crippen LogP contribution in [-0.2, 0) is 4.57 Å². The zero-order valence-corrected chi connectivity index (χ0v) is 17.4. The Morgan fingerprint density at radius 3 is 1.40 bits per heavy atom. The van der Waals surface area contributed by atoms with Crippen molar-refractivity contribution in [2.24, 2.45) is 11.8 Å². The molecule has 0 fully saturated rings. The van der Waals surface area contributed by atoms with Crippen LogP contribution in [0, 0.1) is 11.8 Å². The standard InChI is InChI=1S/C16H35O2P.Na/c1-15(2)11-7-5-9-13-19(17,18)14-10-6-8-12-16(3)4;/h15-16H,5-14H2,1-4H3,(H,17,18);/q;+1/p-1.